The second kappa shape index (κ2) is 9.18. The summed E-state index contributed by atoms with van der Waals surface area (Å²) < 4.78 is 1.99. The zero-order valence-electron chi connectivity index (χ0n) is 15.7. The maximum atomic E-state index is 12.3. The quantitative estimate of drug-likeness (QED) is 0.599. The van der Waals surface area contributed by atoms with Crippen molar-refractivity contribution in [2.24, 2.45) is 0 Å². The van der Waals surface area contributed by atoms with Crippen LogP contribution in [0.1, 0.15) is 18.3 Å². The average Bonchev–Trinajstić information content (AvgIpc) is 3.00. The Morgan fingerprint density at radius 3 is 2.43 bits per heavy atom. The Bertz CT molecular complexity index is 972. The lowest BCUT2D eigenvalue weighted by Gasteiger charge is -2.09. The third-order valence-corrected chi connectivity index (χ3v) is 4.85. The van der Waals surface area contributed by atoms with Gasteiger partial charge in [0.2, 0.25) is 11.8 Å². The van der Waals surface area contributed by atoms with Gasteiger partial charge in [-0.2, -0.15) is 0 Å². The van der Waals surface area contributed by atoms with Crippen molar-refractivity contribution >= 4 is 35.0 Å². The number of hydrogen-bond acceptors (Lipinski definition) is 5. The number of hydrogen-bond donors (Lipinski definition) is 2. The Hall–Kier alpha value is -3.13. The van der Waals surface area contributed by atoms with Crippen molar-refractivity contribution in [3.05, 3.63) is 66.0 Å². The first-order valence-corrected chi connectivity index (χ1v) is 9.74. The van der Waals surface area contributed by atoms with Crippen LogP contribution in [0.15, 0.2) is 59.8 Å². The van der Waals surface area contributed by atoms with E-state index >= 15 is 0 Å². The molecule has 0 atom stereocenters. The van der Waals surface area contributed by atoms with Gasteiger partial charge in [0.1, 0.15) is 5.82 Å². The summed E-state index contributed by atoms with van der Waals surface area (Å²) in [7, 11) is 0. The van der Waals surface area contributed by atoms with E-state index in [-0.39, 0.29) is 17.6 Å². The van der Waals surface area contributed by atoms with E-state index in [9.17, 15) is 9.59 Å². The number of aryl methyl sites for hydroxylation is 1. The fourth-order valence-electron chi connectivity index (χ4n) is 2.62. The summed E-state index contributed by atoms with van der Waals surface area (Å²) in [6.07, 6.45) is 0. The molecule has 28 heavy (non-hydrogen) atoms. The molecule has 3 rings (SSSR count). The Morgan fingerprint density at radius 1 is 1.00 bits per heavy atom. The van der Waals surface area contributed by atoms with Crippen molar-refractivity contribution in [3.63, 3.8) is 0 Å². The van der Waals surface area contributed by atoms with E-state index in [0.29, 0.717) is 23.1 Å². The molecule has 0 radical (unpaired) electrons. The molecule has 2 aromatic carbocycles. The van der Waals surface area contributed by atoms with Crippen LogP contribution < -0.4 is 10.6 Å². The highest BCUT2D eigenvalue weighted by molar-refractivity contribution is 7.99. The van der Waals surface area contributed by atoms with Gasteiger partial charge in [0, 0.05) is 18.3 Å². The number of carbonyl (C=O) groups excluding carboxylic acids is 2. The lowest BCUT2D eigenvalue weighted by molar-refractivity contribution is -0.114. The molecule has 0 saturated carbocycles. The topological polar surface area (TPSA) is 88.9 Å². The normalized spacial score (nSPS) is 10.5. The lowest BCUT2D eigenvalue weighted by Crippen LogP contribution is -2.15. The van der Waals surface area contributed by atoms with Gasteiger partial charge in [-0.25, -0.2) is 0 Å². The molecular formula is C20H21N5O2S. The van der Waals surface area contributed by atoms with Crippen LogP contribution in [0.5, 0.6) is 0 Å². The van der Waals surface area contributed by atoms with E-state index in [4.69, 9.17) is 0 Å². The summed E-state index contributed by atoms with van der Waals surface area (Å²) >= 11 is 1.34. The highest BCUT2D eigenvalue weighted by Gasteiger charge is 2.12. The minimum Gasteiger partial charge on any atom is -0.326 e. The molecule has 0 aliphatic rings. The monoisotopic (exact) mass is 395 g/mol. The highest BCUT2D eigenvalue weighted by atomic mass is 32.2. The van der Waals surface area contributed by atoms with Gasteiger partial charge in [-0.15, -0.1) is 10.2 Å². The van der Waals surface area contributed by atoms with Crippen LogP contribution in [0.2, 0.25) is 0 Å². The molecule has 0 bridgehead atoms. The molecule has 0 unspecified atom stereocenters. The van der Waals surface area contributed by atoms with E-state index in [0.717, 1.165) is 11.4 Å². The first kappa shape index (κ1) is 19.6. The van der Waals surface area contributed by atoms with Gasteiger partial charge in [0.25, 0.3) is 0 Å². The first-order valence-electron chi connectivity index (χ1n) is 8.75. The van der Waals surface area contributed by atoms with Crippen molar-refractivity contribution in [1.82, 2.24) is 14.8 Å². The third-order valence-electron chi connectivity index (χ3n) is 3.88. The molecule has 0 saturated heterocycles. The van der Waals surface area contributed by atoms with Crippen LogP contribution in [0.3, 0.4) is 0 Å². The molecule has 0 aliphatic heterocycles. The van der Waals surface area contributed by atoms with Gasteiger partial charge in [0.15, 0.2) is 5.16 Å². The molecule has 2 N–H and O–H groups in total. The standard InChI is InChI=1S/C20H21N5O2S/c1-14-23-24-20(25(14)12-16-7-4-3-5-8-16)28-13-19(27)22-18-10-6-9-17(11-18)21-15(2)26/h3-11H,12-13H2,1-2H3,(H,21,26)(H,22,27). The van der Waals surface area contributed by atoms with Crippen molar-refractivity contribution < 1.29 is 9.59 Å². The van der Waals surface area contributed by atoms with Gasteiger partial charge in [-0.05, 0) is 30.7 Å². The predicted octanol–water partition coefficient (Wildman–Crippen LogP) is 3.32. The predicted molar refractivity (Wildman–Crippen MR) is 110 cm³/mol. The van der Waals surface area contributed by atoms with Crippen molar-refractivity contribution in [3.8, 4) is 0 Å². The maximum Gasteiger partial charge on any atom is 0.234 e. The Morgan fingerprint density at radius 2 is 1.71 bits per heavy atom. The molecule has 7 nitrogen and oxygen atoms in total. The maximum absolute atomic E-state index is 12.3. The van der Waals surface area contributed by atoms with E-state index < -0.39 is 0 Å². The fraction of sp³-hybridized carbons (Fsp3) is 0.200. The minimum atomic E-state index is -0.160. The van der Waals surface area contributed by atoms with Gasteiger partial charge in [0.05, 0.1) is 12.3 Å². The number of aromatic nitrogens is 3. The van der Waals surface area contributed by atoms with Gasteiger partial charge >= 0.3 is 0 Å². The van der Waals surface area contributed by atoms with E-state index in [2.05, 4.69) is 20.8 Å². The fourth-order valence-corrected chi connectivity index (χ4v) is 3.40. The number of nitrogens with one attached hydrogen (secondary N) is 2. The third kappa shape index (κ3) is 5.43. The summed E-state index contributed by atoms with van der Waals surface area (Å²) in [5.41, 5.74) is 2.40. The zero-order valence-corrected chi connectivity index (χ0v) is 16.5. The number of benzene rings is 2. The smallest absolute Gasteiger partial charge is 0.234 e. The summed E-state index contributed by atoms with van der Waals surface area (Å²) in [6, 6.07) is 17.1. The molecule has 3 aromatic rings. The number of carbonyl (C=O) groups is 2. The van der Waals surface area contributed by atoms with Crippen molar-refractivity contribution in [2.75, 3.05) is 16.4 Å². The molecule has 2 amide bonds. The first-order chi connectivity index (χ1) is 13.5. The van der Waals surface area contributed by atoms with E-state index in [1.165, 1.54) is 18.7 Å². The second-order valence-corrected chi connectivity index (χ2v) is 7.14. The molecule has 1 heterocycles. The van der Waals surface area contributed by atoms with Gasteiger partial charge in [-0.3, -0.25) is 9.59 Å². The zero-order chi connectivity index (χ0) is 19.9. The highest BCUT2D eigenvalue weighted by Crippen LogP contribution is 2.20. The summed E-state index contributed by atoms with van der Waals surface area (Å²) in [6.45, 7) is 3.99. The van der Waals surface area contributed by atoms with E-state index in [1.54, 1.807) is 24.3 Å². The van der Waals surface area contributed by atoms with Crippen LogP contribution in [0.4, 0.5) is 11.4 Å². The van der Waals surface area contributed by atoms with Gasteiger partial charge in [-0.1, -0.05) is 48.2 Å². The van der Waals surface area contributed by atoms with Crippen LogP contribution >= 0.6 is 11.8 Å². The summed E-state index contributed by atoms with van der Waals surface area (Å²) in [4.78, 5) is 23.5. The van der Waals surface area contributed by atoms with Crippen LogP contribution in [0.25, 0.3) is 0 Å². The van der Waals surface area contributed by atoms with Gasteiger partial charge < -0.3 is 15.2 Å². The number of rotatable bonds is 7. The SMILES string of the molecule is CC(=O)Nc1cccc(NC(=O)CSc2nnc(C)n2Cc2ccccc2)c1. The molecule has 8 heteroatoms. The van der Waals surface area contributed by atoms with Crippen molar-refractivity contribution in [2.45, 2.75) is 25.5 Å². The average molecular weight is 395 g/mol. The number of thioether (sulfide) groups is 1. The van der Waals surface area contributed by atoms with E-state index in [1.807, 2.05) is 41.8 Å². The Kier molecular flexibility index (Phi) is 6.44. The minimum absolute atomic E-state index is 0.156. The second-order valence-electron chi connectivity index (χ2n) is 6.20. The molecular weight excluding hydrogens is 374 g/mol. The molecule has 0 fully saturated rings. The Labute approximate surface area is 167 Å². The van der Waals surface area contributed by atoms with Crippen LogP contribution in [-0.2, 0) is 16.1 Å². The Balaban J connectivity index is 1.60. The van der Waals surface area contributed by atoms with Crippen molar-refractivity contribution in [1.29, 1.82) is 0 Å². The lowest BCUT2D eigenvalue weighted by atomic mass is 10.2. The van der Waals surface area contributed by atoms with Crippen LogP contribution in [0, 0.1) is 6.92 Å². The van der Waals surface area contributed by atoms with Crippen LogP contribution in [-0.4, -0.2) is 32.3 Å². The molecule has 0 spiro atoms. The summed E-state index contributed by atoms with van der Waals surface area (Å²) in [5.74, 6) is 0.691. The number of anilines is 2. The number of nitrogens with zero attached hydrogens (tertiary/aromatic N) is 3. The number of amides is 2. The molecule has 0 aliphatic carbocycles. The molecule has 144 valence electrons. The largest absolute Gasteiger partial charge is 0.326 e. The molecule has 1 aromatic heterocycles. The summed E-state index contributed by atoms with van der Waals surface area (Å²) in [5, 5.41) is 14.5.